The Labute approximate surface area is 177 Å². The molecule has 0 aliphatic carbocycles. The number of aromatic nitrogens is 1. The molecule has 1 aromatic heterocycles. The number of carbonyl (C=O) groups excluding carboxylic acids is 2. The van der Waals surface area contributed by atoms with E-state index in [0.717, 1.165) is 0 Å². The van der Waals surface area contributed by atoms with Crippen LogP contribution in [0.4, 0.5) is 11.5 Å². The first kappa shape index (κ1) is 19.9. The molecule has 1 atom stereocenters. The molecule has 0 radical (unpaired) electrons. The average Bonchev–Trinajstić information content (AvgIpc) is 3.20. The second-order valence-corrected chi connectivity index (χ2v) is 7.03. The molecule has 0 bridgehead atoms. The van der Waals surface area contributed by atoms with Crippen molar-refractivity contribution in [3.63, 3.8) is 0 Å². The predicted molar refractivity (Wildman–Crippen MR) is 114 cm³/mol. The highest BCUT2D eigenvalue weighted by molar-refractivity contribution is 5.97. The molecule has 0 saturated carbocycles. The number of nitrogens with two attached hydrogens (primary N) is 1. The number of para-hydroxylation sites is 1. The van der Waals surface area contributed by atoms with Gasteiger partial charge in [0.2, 0.25) is 0 Å². The van der Waals surface area contributed by atoms with Crippen LogP contribution in [0.1, 0.15) is 18.4 Å². The molecule has 2 aromatic carbocycles. The van der Waals surface area contributed by atoms with Crippen molar-refractivity contribution in [2.24, 2.45) is 0 Å². The van der Waals surface area contributed by atoms with Gasteiger partial charge in [0.15, 0.2) is 6.10 Å². The van der Waals surface area contributed by atoms with E-state index in [9.17, 15) is 20.0 Å². The van der Waals surface area contributed by atoms with Crippen molar-refractivity contribution < 1.29 is 19.4 Å². The number of nitrogens with zero attached hydrogens (tertiary/aromatic N) is 2. The zero-order valence-corrected chi connectivity index (χ0v) is 16.3. The monoisotopic (exact) mass is 414 g/mol. The van der Waals surface area contributed by atoms with E-state index in [-0.39, 0.29) is 23.6 Å². The molecule has 1 aliphatic heterocycles. The number of phenolic OH excluding ortho intramolecular Hbond substituents is 1. The number of anilines is 2. The first-order valence-electron chi connectivity index (χ1n) is 9.56. The average molecular weight is 414 g/mol. The van der Waals surface area contributed by atoms with E-state index in [1.54, 1.807) is 48.5 Å². The molecule has 1 saturated heterocycles. The summed E-state index contributed by atoms with van der Waals surface area (Å²) >= 11 is 0. The van der Waals surface area contributed by atoms with Crippen LogP contribution in [0.15, 0.2) is 54.6 Å². The number of ether oxygens (including phenoxy) is 1. The number of hydrogen-bond acceptors (Lipinski definition) is 7. The van der Waals surface area contributed by atoms with E-state index in [0.29, 0.717) is 34.5 Å². The Balaban J connectivity index is 1.71. The Kier molecular flexibility index (Phi) is 5.24. The van der Waals surface area contributed by atoms with Crippen LogP contribution >= 0.6 is 0 Å². The van der Waals surface area contributed by atoms with Gasteiger partial charge in [-0.2, -0.15) is 5.26 Å². The maximum absolute atomic E-state index is 12.4. The summed E-state index contributed by atoms with van der Waals surface area (Å²) in [5.41, 5.74) is 8.74. The van der Waals surface area contributed by atoms with E-state index in [1.807, 2.05) is 0 Å². The summed E-state index contributed by atoms with van der Waals surface area (Å²) in [5, 5.41) is 22.5. The van der Waals surface area contributed by atoms with Crippen molar-refractivity contribution in [2.45, 2.75) is 18.9 Å². The predicted octanol–water partition coefficient (Wildman–Crippen LogP) is 3.22. The molecule has 31 heavy (non-hydrogen) atoms. The van der Waals surface area contributed by atoms with Gasteiger partial charge in [0.25, 0.3) is 5.91 Å². The summed E-state index contributed by atoms with van der Waals surface area (Å²) in [6.45, 7) is 0. The number of benzene rings is 2. The number of cyclic esters (lactones) is 1. The highest BCUT2D eigenvalue weighted by atomic mass is 16.6. The standard InChI is InChI=1S/C23H18N4O4/c24-12-17-16(11-18(27-22(17)25)15-6-1-2-7-19(15)28)13-4-3-5-14(10-13)26-23(30)20-8-9-21(29)31-20/h1-7,10-11,20,28H,8-9H2,(H2,25,27)(H,26,30). The van der Waals surface area contributed by atoms with Crippen LogP contribution in [0.3, 0.4) is 0 Å². The van der Waals surface area contributed by atoms with Crippen LogP contribution < -0.4 is 11.1 Å². The van der Waals surface area contributed by atoms with E-state index in [4.69, 9.17) is 10.5 Å². The second kappa shape index (κ2) is 8.16. The minimum atomic E-state index is -0.810. The van der Waals surface area contributed by atoms with Crippen molar-refractivity contribution in [1.29, 1.82) is 5.26 Å². The Hall–Kier alpha value is -4.38. The Morgan fingerprint density at radius 2 is 2.00 bits per heavy atom. The van der Waals surface area contributed by atoms with Crippen molar-refractivity contribution >= 4 is 23.4 Å². The lowest BCUT2D eigenvalue weighted by Crippen LogP contribution is -2.27. The summed E-state index contributed by atoms with van der Waals surface area (Å²) < 4.78 is 5.00. The number of rotatable bonds is 4. The third kappa shape index (κ3) is 4.02. The van der Waals surface area contributed by atoms with Crippen molar-refractivity contribution in [3.8, 4) is 34.2 Å². The summed E-state index contributed by atoms with van der Waals surface area (Å²) in [6.07, 6.45) is -0.252. The third-order valence-corrected chi connectivity index (χ3v) is 4.96. The fraction of sp³-hybridized carbons (Fsp3) is 0.130. The number of carbonyl (C=O) groups is 2. The molecule has 1 aliphatic rings. The molecule has 1 amide bonds. The number of aromatic hydroxyl groups is 1. The van der Waals surface area contributed by atoms with Crippen LogP contribution in [0, 0.1) is 11.3 Å². The molecule has 4 N–H and O–H groups in total. The lowest BCUT2D eigenvalue weighted by Gasteiger charge is -2.13. The van der Waals surface area contributed by atoms with E-state index in [1.165, 1.54) is 6.07 Å². The molecule has 1 unspecified atom stereocenters. The van der Waals surface area contributed by atoms with Gasteiger partial charge in [-0.05, 0) is 35.9 Å². The molecule has 3 aromatic rings. The van der Waals surface area contributed by atoms with Gasteiger partial charge in [0, 0.05) is 29.7 Å². The minimum absolute atomic E-state index is 0.0329. The molecule has 1 fully saturated rings. The quantitative estimate of drug-likeness (QED) is 0.557. The van der Waals surface area contributed by atoms with Crippen LogP contribution in [-0.4, -0.2) is 28.1 Å². The number of nitrogens with one attached hydrogen (secondary N) is 1. The largest absolute Gasteiger partial charge is 0.507 e. The number of esters is 1. The molecule has 0 spiro atoms. The number of nitrogen functional groups attached to an aromatic ring is 1. The summed E-state index contributed by atoms with van der Waals surface area (Å²) in [7, 11) is 0. The number of amides is 1. The summed E-state index contributed by atoms with van der Waals surface area (Å²) in [5.74, 6) is -0.730. The van der Waals surface area contributed by atoms with Crippen LogP contribution in [0.5, 0.6) is 5.75 Å². The highest BCUT2D eigenvalue weighted by Gasteiger charge is 2.29. The molecular weight excluding hydrogens is 396 g/mol. The first-order valence-corrected chi connectivity index (χ1v) is 9.56. The van der Waals surface area contributed by atoms with Crippen LogP contribution in [0.2, 0.25) is 0 Å². The molecule has 8 nitrogen and oxygen atoms in total. The second-order valence-electron chi connectivity index (χ2n) is 7.03. The maximum atomic E-state index is 12.4. The number of hydrogen-bond donors (Lipinski definition) is 3. The van der Waals surface area contributed by atoms with E-state index in [2.05, 4.69) is 16.4 Å². The van der Waals surface area contributed by atoms with Crippen LogP contribution in [0.25, 0.3) is 22.4 Å². The van der Waals surface area contributed by atoms with E-state index >= 15 is 0 Å². The number of pyridine rings is 1. The van der Waals surface area contributed by atoms with Crippen LogP contribution in [-0.2, 0) is 14.3 Å². The fourth-order valence-corrected chi connectivity index (χ4v) is 3.44. The zero-order valence-electron chi connectivity index (χ0n) is 16.3. The Bertz CT molecular complexity index is 1230. The van der Waals surface area contributed by atoms with Gasteiger partial charge in [-0.1, -0.05) is 24.3 Å². The van der Waals surface area contributed by atoms with Gasteiger partial charge in [0.1, 0.15) is 23.2 Å². The van der Waals surface area contributed by atoms with Crippen molar-refractivity contribution in [2.75, 3.05) is 11.1 Å². The SMILES string of the molecule is N#Cc1c(-c2cccc(NC(=O)C3CCC(=O)O3)c2)cc(-c2ccccc2O)nc1N. The van der Waals surface area contributed by atoms with Crippen molar-refractivity contribution in [1.82, 2.24) is 4.98 Å². The van der Waals surface area contributed by atoms with Gasteiger partial charge in [0.05, 0.1) is 5.69 Å². The minimum Gasteiger partial charge on any atom is -0.507 e. The zero-order chi connectivity index (χ0) is 22.0. The lowest BCUT2D eigenvalue weighted by molar-refractivity contribution is -0.146. The highest BCUT2D eigenvalue weighted by Crippen LogP contribution is 2.35. The fourth-order valence-electron chi connectivity index (χ4n) is 3.44. The van der Waals surface area contributed by atoms with E-state index < -0.39 is 18.0 Å². The smallest absolute Gasteiger partial charge is 0.306 e. The van der Waals surface area contributed by atoms with Gasteiger partial charge < -0.3 is 20.9 Å². The molecule has 154 valence electrons. The number of nitriles is 1. The summed E-state index contributed by atoms with van der Waals surface area (Å²) in [4.78, 5) is 27.9. The van der Waals surface area contributed by atoms with Crippen molar-refractivity contribution in [3.05, 3.63) is 60.2 Å². The molecule has 8 heteroatoms. The topological polar surface area (TPSA) is 138 Å². The lowest BCUT2D eigenvalue weighted by atomic mass is 9.97. The summed E-state index contributed by atoms with van der Waals surface area (Å²) in [6, 6.07) is 17.3. The molecular formula is C23H18N4O4. The maximum Gasteiger partial charge on any atom is 0.306 e. The Morgan fingerprint density at radius 1 is 1.19 bits per heavy atom. The number of phenols is 1. The first-order chi connectivity index (χ1) is 15.0. The third-order valence-electron chi connectivity index (χ3n) is 4.96. The van der Waals surface area contributed by atoms with Gasteiger partial charge >= 0.3 is 5.97 Å². The normalized spacial score (nSPS) is 15.2. The van der Waals surface area contributed by atoms with Gasteiger partial charge in [-0.25, -0.2) is 4.98 Å². The van der Waals surface area contributed by atoms with Gasteiger partial charge in [-0.15, -0.1) is 0 Å². The molecule has 2 heterocycles. The Morgan fingerprint density at radius 3 is 2.71 bits per heavy atom. The molecule has 4 rings (SSSR count). The van der Waals surface area contributed by atoms with Gasteiger partial charge in [-0.3, -0.25) is 9.59 Å².